The summed E-state index contributed by atoms with van der Waals surface area (Å²) in [5.41, 5.74) is 9.97. The lowest BCUT2D eigenvalue weighted by molar-refractivity contribution is 0.562. The van der Waals surface area contributed by atoms with E-state index in [4.69, 9.17) is 5.73 Å². The van der Waals surface area contributed by atoms with Crippen molar-refractivity contribution >= 4 is 26.8 Å². The van der Waals surface area contributed by atoms with Gasteiger partial charge in [-0.05, 0) is 46.8 Å². The molecule has 1 atom stereocenters. The van der Waals surface area contributed by atoms with Crippen LogP contribution in [0.4, 0.5) is 0 Å². The highest BCUT2D eigenvalue weighted by Crippen LogP contribution is 2.35. The van der Waals surface area contributed by atoms with Gasteiger partial charge in [0.1, 0.15) is 0 Å². The zero-order valence-electron chi connectivity index (χ0n) is 8.39. The molecule has 0 radical (unpaired) electrons. The van der Waals surface area contributed by atoms with E-state index in [-0.39, 0.29) is 6.04 Å². The molecule has 1 aromatic heterocycles. The molecular formula is C12H13BrN2. The van der Waals surface area contributed by atoms with Gasteiger partial charge in [0.2, 0.25) is 0 Å². The summed E-state index contributed by atoms with van der Waals surface area (Å²) in [6.07, 6.45) is 3.45. The van der Waals surface area contributed by atoms with E-state index < -0.39 is 0 Å². The molecule has 78 valence electrons. The molecule has 0 fully saturated rings. The molecule has 3 rings (SSSR count). The second kappa shape index (κ2) is 3.35. The molecule has 0 saturated carbocycles. The Hall–Kier alpha value is -0.800. The minimum absolute atomic E-state index is 0.188. The smallest absolute Gasteiger partial charge is 0.0603 e. The van der Waals surface area contributed by atoms with Gasteiger partial charge >= 0.3 is 0 Å². The minimum Gasteiger partial charge on any atom is -0.356 e. The first-order valence-electron chi connectivity index (χ1n) is 5.32. The molecule has 3 heteroatoms. The van der Waals surface area contributed by atoms with Gasteiger partial charge in [-0.1, -0.05) is 12.1 Å². The van der Waals surface area contributed by atoms with E-state index in [1.165, 1.54) is 28.6 Å². The van der Waals surface area contributed by atoms with Crippen LogP contribution in [0.15, 0.2) is 22.7 Å². The Labute approximate surface area is 97.0 Å². The monoisotopic (exact) mass is 264 g/mol. The van der Waals surface area contributed by atoms with Crippen LogP contribution in [0.2, 0.25) is 0 Å². The van der Waals surface area contributed by atoms with Crippen LogP contribution in [0.3, 0.4) is 0 Å². The molecule has 2 nitrogen and oxygen atoms in total. The van der Waals surface area contributed by atoms with Crippen molar-refractivity contribution in [3.8, 4) is 0 Å². The SMILES string of the molecule is NC1CCCc2c1[nH]c1c(Br)cccc21. The molecule has 15 heavy (non-hydrogen) atoms. The van der Waals surface area contributed by atoms with Crippen LogP contribution in [0.25, 0.3) is 10.9 Å². The highest BCUT2D eigenvalue weighted by atomic mass is 79.9. The lowest BCUT2D eigenvalue weighted by Gasteiger charge is -2.18. The van der Waals surface area contributed by atoms with Crippen LogP contribution >= 0.6 is 15.9 Å². The Bertz CT molecular complexity index is 516. The molecule has 1 heterocycles. The molecule has 1 aliphatic carbocycles. The minimum atomic E-state index is 0.188. The number of H-pyrrole nitrogens is 1. The Morgan fingerprint density at radius 3 is 3.13 bits per heavy atom. The fourth-order valence-electron chi connectivity index (χ4n) is 2.49. The molecule has 3 N–H and O–H groups in total. The molecule has 2 aromatic rings. The number of nitrogens with one attached hydrogen (secondary N) is 1. The Morgan fingerprint density at radius 2 is 2.27 bits per heavy atom. The third-order valence-electron chi connectivity index (χ3n) is 3.24. The standard InChI is InChI=1S/C12H13BrN2/c13-9-5-1-3-7-8-4-2-6-10(14)12(8)15-11(7)9/h1,3,5,10,15H,2,4,6,14H2. The Kier molecular flexibility index (Phi) is 2.11. The topological polar surface area (TPSA) is 41.8 Å². The molecule has 0 spiro atoms. The number of fused-ring (bicyclic) bond motifs is 3. The number of aromatic nitrogens is 1. The maximum atomic E-state index is 6.11. The van der Waals surface area contributed by atoms with Crippen LogP contribution < -0.4 is 5.73 Å². The third kappa shape index (κ3) is 1.34. The van der Waals surface area contributed by atoms with Gasteiger partial charge < -0.3 is 10.7 Å². The van der Waals surface area contributed by atoms with E-state index in [1.807, 2.05) is 0 Å². The quantitative estimate of drug-likeness (QED) is 0.754. The van der Waals surface area contributed by atoms with Crippen LogP contribution in [0.5, 0.6) is 0 Å². The summed E-state index contributed by atoms with van der Waals surface area (Å²) in [6.45, 7) is 0. The van der Waals surface area contributed by atoms with E-state index in [2.05, 4.69) is 39.1 Å². The van der Waals surface area contributed by atoms with Gasteiger partial charge in [0.25, 0.3) is 0 Å². The lowest BCUT2D eigenvalue weighted by atomic mass is 9.92. The summed E-state index contributed by atoms with van der Waals surface area (Å²) in [5, 5.41) is 1.33. The third-order valence-corrected chi connectivity index (χ3v) is 3.90. The second-order valence-corrected chi connectivity index (χ2v) is 5.03. The molecule has 1 unspecified atom stereocenters. The fraction of sp³-hybridized carbons (Fsp3) is 0.333. The first-order valence-corrected chi connectivity index (χ1v) is 6.11. The van der Waals surface area contributed by atoms with Gasteiger partial charge in [0.05, 0.1) is 5.52 Å². The molecular weight excluding hydrogens is 252 g/mol. The largest absolute Gasteiger partial charge is 0.356 e. The number of hydrogen-bond donors (Lipinski definition) is 2. The average molecular weight is 265 g/mol. The lowest BCUT2D eigenvalue weighted by Crippen LogP contribution is -2.16. The molecule has 0 saturated heterocycles. The first kappa shape index (κ1) is 9.43. The highest BCUT2D eigenvalue weighted by molar-refractivity contribution is 9.10. The summed E-state index contributed by atoms with van der Waals surface area (Å²) >= 11 is 3.57. The van der Waals surface area contributed by atoms with Crippen LogP contribution in [0, 0.1) is 0 Å². The van der Waals surface area contributed by atoms with Gasteiger partial charge in [0.15, 0.2) is 0 Å². The number of nitrogens with two attached hydrogens (primary N) is 1. The number of rotatable bonds is 0. The van der Waals surface area contributed by atoms with E-state index >= 15 is 0 Å². The summed E-state index contributed by atoms with van der Waals surface area (Å²) in [4.78, 5) is 3.46. The number of para-hydroxylation sites is 1. The van der Waals surface area contributed by atoms with Gasteiger partial charge in [-0.3, -0.25) is 0 Å². The first-order chi connectivity index (χ1) is 7.27. The number of aromatic amines is 1. The zero-order valence-corrected chi connectivity index (χ0v) is 9.97. The van der Waals surface area contributed by atoms with Gasteiger partial charge in [0, 0.05) is 21.6 Å². The summed E-state index contributed by atoms with van der Waals surface area (Å²) in [5.74, 6) is 0. The van der Waals surface area contributed by atoms with Crippen molar-refractivity contribution in [1.82, 2.24) is 4.98 Å². The number of hydrogen-bond acceptors (Lipinski definition) is 1. The molecule has 1 aliphatic rings. The van der Waals surface area contributed by atoms with Crippen molar-refractivity contribution in [3.05, 3.63) is 33.9 Å². The van der Waals surface area contributed by atoms with Crippen LogP contribution in [0.1, 0.15) is 30.1 Å². The zero-order chi connectivity index (χ0) is 10.4. The van der Waals surface area contributed by atoms with Gasteiger partial charge in [-0.15, -0.1) is 0 Å². The number of aryl methyl sites for hydroxylation is 1. The summed E-state index contributed by atoms with van der Waals surface area (Å²) in [6, 6.07) is 6.51. The van der Waals surface area contributed by atoms with Crippen LogP contribution in [-0.4, -0.2) is 4.98 Å². The maximum Gasteiger partial charge on any atom is 0.0603 e. The fourth-order valence-corrected chi connectivity index (χ4v) is 2.95. The molecule has 0 aliphatic heterocycles. The van der Waals surface area contributed by atoms with Crippen molar-refractivity contribution in [2.75, 3.05) is 0 Å². The predicted molar refractivity (Wildman–Crippen MR) is 65.9 cm³/mol. The van der Waals surface area contributed by atoms with E-state index in [9.17, 15) is 0 Å². The highest BCUT2D eigenvalue weighted by Gasteiger charge is 2.21. The van der Waals surface area contributed by atoms with Gasteiger partial charge in [-0.25, -0.2) is 0 Å². The summed E-state index contributed by atoms with van der Waals surface area (Å²) < 4.78 is 1.13. The van der Waals surface area contributed by atoms with Gasteiger partial charge in [-0.2, -0.15) is 0 Å². The number of halogens is 1. The van der Waals surface area contributed by atoms with Crippen molar-refractivity contribution in [2.45, 2.75) is 25.3 Å². The van der Waals surface area contributed by atoms with Crippen molar-refractivity contribution in [2.24, 2.45) is 5.73 Å². The number of benzene rings is 1. The molecule has 0 amide bonds. The van der Waals surface area contributed by atoms with E-state index in [0.717, 1.165) is 17.3 Å². The Balaban J connectivity index is 2.35. The molecule has 1 aromatic carbocycles. The van der Waals surface area contributed by atoms with Crippen molar-refractivity contribution < 1.29 is 0 Å². The van der Waals surface area contributed by atoms with E-state index in [0.29, 0.717) is 0 Å². The normalized spacial score (nSPS) is 20.5. The average Bonchev–Trinajstić information content (AvgIpc) is 2.60. The molecule has 0 bridgehead atoms. The summed E-state index contributed by atoms with van der Waals surface area (Å²) in [7, 11) is 0. The van der Waals surface area contributed by atoms with Crippen molar-refractivity contribution in [1.29, 1.82) is 0 Å². The van der Waals surface area contributed by atoms with Crippen molar-refractivity contribution in [3.63, 3.8) is 0 Å². The maximum absolute atomic E-state index is 6.11. The second-order valence-electron chi connectivity index (χ2n) is 4.18. The van der Waals surface area contributed by atoms with E-state index in [1.54, 1.807) is 0 Å². The van der Waals surface area contributed by atoms with Crippen LogP contribution in [-0.2, 0) is 6.42 Å². The Morgan fingerprint density at radius 1 is 1.40 bits per heavy atom. The predicted octanol–water partition coefficient (Wildman–Crippen LogP) is 3.27.